The van der Waals surface area contributed by atoms with Gasteiger partial charge >= 0.3 is 0 Å². The molecule has 2 aromatic carbocycles. The fourth-order valence-corrected chi connectivity index (χ4v) is 3.73. The van der Waals surface area contributed by atoms with Gasteiger partial charge in [-0.3, -0.25) is 4.99 Å². The van der Waals surface area contributed by atoms with E-state index < -0.39 is 0 Å². The second kappa shape index (κ2) is 6.54. The van der Waals surface area contributed by atoms with E-state index in [0.717, 1.165) is 21.5 Å². The maximum Gasteiger partial charge on any atom is 0.157 e. The Morgan fingerprint density at radius 3 is 2.62 bits per heavy atom. The van der Waals surface area contributed by atoms with Gasteiger partial charge in [0.25, 0.3) is 0 Å². The van der Waals surface area contributed by atoms with E-state index in [1.54, 1.807) is 11.8 Å². The number of rotatable bonds is 3. The van der Waals surface area contributed by atoms with Gasteiger partial charge in [-0.2, -0.15) is 0 Å². The standard InChI is InChI=1S/C17H17ClN2S/c1-12(14-9-5-6-10-15(14)18)19-17-20-16(11-21-17)13-7-3-2-4-8-13/h2-10,12,16H,11H2,1H3,(H,19,20). The quantitative estimate of drug-likeness (QED) is 0.876. The second-order valence-corrected chi connectivity index (χ2v) is 6.48. The van der Waals surface area contributed by atoms with Gasteiger partial charge in [0.1, 0.15) is 0 Å². The van der Waals surface area contributed by atoms with Crippen LogP contribution in [0, 0.1) is 0 Å². The van der Waals surface area contributed by atoms with Gasteiger partial charge in [-0.05, 0) is 24.1 Å². The Kier molecular flexibility index (Phi) is 4.51. The number of aliphatic imine (C=N–C) groups is 1. The van der Waals surface area contributed by atoms with Crippen LogP contribution in [0.15, 0.2) is 59.6 Å². The van der Waals surface area contributed by atoms with Crippen molar-refractivity contribution >= 4 is 28.5 Å². The van der Waals surface area contributed by atoms with Gasteiger partial charge in [0.05, 0.1) is 12.1 Å². The lowest BCUT2D eigenvalue weighted by atomic mass is 10.1. The molecule has 0 spiro atoms. The Balaban J connectivity index is 1.70. The molecule has 1 N–H and O–H groups in total. The summed E-state index contributed by atoms with van der Waals surface area (Å²) in [6, 6.07) is 18.8. The minimum Gasteiger partial charge on any atom is -0.358 e. The third-order valence-corrected chi connectivity index (χ3v) is 4.87. The zero-order valence-corrected chi connectivity index (χ0v) is 13.4. The van der Waals surface area contributed by atoms with Crippen LogP contribution in [0.25, 0.3) is 0 Å². The smallest absolute Gasteiger partial charge is 0.157 e. The molecule has 2 nitrogen and oxygen atoms in total. The summed E-state index contributed by atoms with van der Waals surface area (Å²) in [4.78, 5) is 4.78. The molecular weight excluding hydrogens is 300 g/mol. The molecule has 0 saturated carbocycles. The lowest BCUT2D eigenvalue weighted by molar-refractivity contribution is 0.717. The number of thioether (sulfide) groups is 1. The van der Waals surface area contributed by atoms with Crippen LogP contribution in [0.4, 0.5) is 0 Å². The van der Waals surface area contributed by atoms with Crippen molar-refractivity contribution in [2.75, 3.05) is 5.75 Å². The molecule has 4 heteroatoms. The first kappa shape index (κ1) is 14.5. The fraction of sp³-hybridized carbons (Fsp3) is 0.235. The van der Waals surface area contributed by atoms with E-state index in [4.69, 9.17) is 16.6 Å². The number of nitrogens with one attached hydrogen (secondary N) is 1. The molecule has 108 valence electrons. The molecule has 0 saturated heterocycles. The first-order valence-electron chi connectivity index (χ1n) is 7.00. The van der Waals surface area contributed by atoms with Crippen LogP contribution in [0.1, 0.15) is 30.1 Å². The van der Waals surface area contributed by atoms with Gasteiger partial charge in [0.15, 0.2) is 5.17 Å². The van der Waals surface area contributed by atoms with Crippen molar-refractivity contribution < 1.29 is 0 Å². The van der Waals surface area contributed by atoms with Gasteiger partial charge in [0.2, 0.25) is 0 Å². The van der Waals surface area contributed by atoms with Crippen molar-refractivity contribution in [3.8, 4) is 0 Å². The largest absolute Gasteiger partial charge is 0.358 e. The Morgan fingerprint density at radius 2 is 1.86 bits per heavy atom. The Morgan fingerprint density at radius 1 is 1.14 bits per heavy atom. The molecule has 0 radical (unpaired) electrons. The third-order valence-electron chi connectivity index (χ3n) is 3.55. The van der Waals surface area contributed by atoms with Crippen LogP contribution < -0.4 is 5.32 Å². The van der Waals surface area contributed by atoms with Crippen molar-refractivity contribution in [2.24, 2.45) is 4.99 Å². The maximum atomic E-state index is 6.24. The predicted molar refractivity (Wildman–Crippen MR) is 92.1 cm³/mol. The van der Waals surface area contributed by atoms with E-state index in [9.17, 15) is 0 Å². The Labute approximate surface area is 134 Å². The van der Waals surface area contributed by atoms with E-state index in [1.165, 1.54) is 5.56 Å². The number of hydrogen-bond donors (Lipinski definition) is 1. The zero-order chi connectivity index (χ0) is 14.7. The number of nitrogens with zero attached hydrogens (tertiary/aromatic N) is 1. The van der Waals surface area contributed by atoms with Gasteiger partial charge in [-0.25, -0.2) is 0 Å². The van der Waals surface area contributed by atoms with Crippen LogP contribution in [-0.4, -0.2) is 10.9 Å². The summed E-state index contributed by atoms with van der Waals surface area (Å²) in [5.41, 5.74) is 2.37. The minimum absolute atomic E-state index is 0.152. The number of hydrogen-bond acceptors (Lipinski definition) is 3. The summed E-state index contributed by atoms with van der Waals surface area (Å²) < 4.78 is 0. The van der Waals surface area contributed by atoms with Crippen LogP contribution in [0.2, 0.25) is 5.02 Å². The average molecular weight is 317 g/mol. The highest BCUT2D eigenvalue weighted by atomic mass is 35.5. The number of halogens is 1. The minimum atomic E-state index is 0.152. The number of benzene rings is 2. The van der Waals surface area contributed by atoms with Crippen molar-refractivity contribution in [1.82, 2.24) is 5.32 Å². The monoisotopic (exact) mass is 316 g/mol. The molecule has 1 aliphatic heterocycles. The highest BCUT2D eigenvalue weighted by Crippen LogP contribution is 2.31. The highest BCUT2D eigenvalue weighted by Gasteiger charge is 2.21. The summed E-state index contributed by atoms with van der Waals surface area (Å²) in [5, 5.41) is 5.25. The molecule has 2 unspecified atom stereocenters. The summed E-state index contributed by atoms with van der Waals surface area (Å²) in [6.07, 6.45) is 0. The zero-order valence-electron chi connectivity index (χ0n) is 11.8. The van der Waals surface area contributed by atoms with Crippen molar-refractivity contribution in [3.05, 3.63) is 70.7 Å². The lowest BCUT2D eigenvalue weighted by Crippen LogP contribution is -2.23. The van der Waals surface area contributed by atoms with Crippen molar-refractivity contribution in [2.45, 2.75) is 19.0 Å². The number of amidine groups is 1. The molecule has 1 aliphatic rings. The summed E-state index contributed by atoms with van der Waals surface area (Å²) >= 11 is 8.01. The molecule has 0 amide bonds. The van der Waals surface area contributed by atoms with E-state index in [0.29, 0.717) is 0 Å². The lowest BCUT2D eigenvalue weighted by Gasteiger charge is -2.16. The van der Waals surface area contributed by atoms with Crippen LogP contribution in [0.5, 0.6) is 0 Å². The first-order chi connectivity index (χ1) is 10.2. The van der Waals surface area contributed by atoms with E-state index in [1.807, 2.05) is 24.3 Å². The molecule has 2 aromatic rings. The predicted octanol–water partition coefficient (Wildman–Crippen LogP) is 4.83. The van der Waals surface area contributed by atoms with Crippen molar-refractivity contribution in [3.63, 3.8) is 0 Å². The molecule has 0 fully saturated rings. The van der Waals surface area contributed by atoms with Crippen molar-refractivity contribution in [1.29, 1.82) is 0 Å². The SMILES string of the molecule is CC(NC1=NC(c2ccccc2)CS1)c1ccccc1Cl. The highest BCUT2D eigenvalue weighted by molar-refractivity contribution is 8.14. The normalized spacial score (nSPS) is 19.1. The van der Waals surface area contributed by atoms with Gasteiger partial charge in [0, 0.05) is 10.8 Å². The van der Waals surface area contributed by atoms with E-state index in [-0.39, 0.29) is 12.1 Å². The summed E-state index contributed by atoms with van der Waals surface area (Å²) in [7, 11) is 0. The van der Waals surface area contributed by atoms with E-state index >= 15 is 0 Å². The molecule has 1 heterocycles. The molecule has 2 atom stereocenters. The van der Waals surface area contributed by atoms with Gasteiger partial charge in [-0.15, -0.1) is 0 Å². The maximum absolute atomic E-state index is 6.24. The Bertz CT molecular complexity index is 642. The average Bonchev–Trinajstić information content (AvgIpc) is 2.97. The molecule has 0 bridgehead atoms. The molecular formula is C17H17ClN2S. The van der Waals surface area contributed by atoms with Gasteiger partial charge in [-0.1, -0.05) is 71.9 Å². The second-order valence-electron chi connectivity index (χ2n) is 5.06. The summed E-state index contributed by atoms with van der Waals surface area (Å²) in [5.74, 6) is 0.988. The fourth-order valence-electron chi connectivity index (χ4n) is 2.39. The molecule has 3 rings (SSSR count). The van der Waals surface area contributed by atoms with Crippen LogP contribution in [-0.2, 0) is 0 Å². The van der Waals surface area contributed by atoms with Crippen LogP contribution in [0.3, 0.4) is 0 Å². The molecule has 0 aromatic heterocycles. The third kappa shape index (κ3) is 3.42. The summed E-state index contributed by atoms with van der Waals surface area (Å²) in [6.45, 7) is 2.11. The van der Waals surface area contributed by atoms with Crippen LogP contribution >= 0.6 is 23.4 Å². The topological polar surface area (TPSA) is 24.4 Å². The Hall–Kier alpha value is -1.45. The van der Waals surface area contributed by atoms with E-state index in [2.05, 4.69) is 42.6 Å². The molecule has 0 aliphatic carbocycles. The van der Waals surface area contributed by atoms with Gasteiger partial charge < -0.3 is 5.32 Å². The molecule has 21 heavy (non-hydrogen) atoms. The first-order valence-corrected chi connectivity index (χ1v) is 8.37.